The zero-order valence-electron chi connectivity index (χ0n) is 45.9. The van der Waals surface area contributed by atoms with Gasteiger partial charge in [-0.1, -0.05) is 218 Å². The second-order valence-corrected chi connectivity index (χ2v) is 21.8. The second-order valence-electron chi connectivity index (χ2n) is 21.8. The van der Waals surface area contributed by atoms with Crippen LogP contribution in [0.2, 0.25) is 0 Å². The number of hydrogen-bond donors (Lipinski definition) is 0. The first-order valence-corrected chi connectivity index (χ1v) is 28.8. The van der Waals surface area contributed by atoms with Gasteiger partial charge >= 0.3 is 0 Å². The van der Waals surface area contributed by atoms with Gasteiger partial charge in [-0.3, -0.25) is 18.3 Å². The van der Waals surface area contributed by atoms with Crippen LogP contribution in [-0.2, 0) is 5.41 Å². The molecule has 4 heterocycles. The van der Waals surface area contributed by atoms with E-state index in [0.29, 0.717) is 0 Å². The Kier molecular flexibility index (Phi) is 11.0. The maximum absolute atomic E-state index is 5.46. The highest BCUT2D eigenvalue weighted by Gasteiger charge is 2.47. The number of rotatable bonds is 10. The summed E-state index contributed by atoms with van der Waals surface area (Å²) in [6.07, 6.45) is 0. The van der Waals surface area contributed by atoms with E-state index in [1.54, 1.807) is 0 Å². The highest BCUT2D eigenvalue weighted by atomic mass is 15.1. The van der Waals surface area contributed by atoms with E-state index in [-0.39, 0.29) is 0 Å². The molecule has 0 amide bonds. The van der Waals surface area contributed by atoms with Gasteiger partial charge in [0.2, 0.25) is 0 Å². The van der Waals surface area contributed by atoms with Crippen molar-refractivity contribution in [3.8, 4) is 79.4 Å². The third kappa shape index (κ3) is 7.55. The predicted molar refractivity (Wildman–Crippen MR) is 344 cm³/mol. The van der Waals surface area contributed by atoms with Crippen LogP contribution in [0.15, 0.2) is 303 Å². The van der Waals surface area contributed by atoms with Crippen LogP contribution in [0.3, 0.4) is 0 Å². The van der Waals surface area contributed by atoms with Gasteiger partial charge in [0.15, 0.2) is 0 Å². The molecular weight excluding hydrogens is 1040 g/mol. The van der Waals surface area contributed by atoms with Gasteiger partial charge in [0.25, 0.3) is 0 Å². The summed E-state index contributed by atoms with van der Waals surface area (Å²) in [6.45, 7) is 0. The summed E-state index contributed by atoms with van der Waals surface area (Å²) in [5.74, 6) is 3.37. The summed E-state index contributed by atoms with van der Waals surface area (Å²) in [7, 11) is 0. The molecule has 17 rings (SSSR count). The maximum Gasteiger partial charge on any atom is 0.145 e. The Morgan fingerprint density at radius 3 is 0.741 bits per heavy atom. The summed E-state index contributed by atoms with van der Waals surface area (Å²) in [5.41, 5.74) is 21.2. The van der Waals surface area contributed by atoms with Crippen LogP contribution in [0.5, 0.6) is 0 Å². The Hall–Kier alpha value is -11.5. The normalized spacial score (nSPS) is 12.6. The van der Waals surface area contributed by atoms with Crippen LogP contribution in [0.25, 0.3) is 124 Å². The molecular formula is C77H50N8. The molecule has 0 N–H and O–H groups in total. The first-order chi connectivity index (χ1) is 42.2. The number of fused-ring (bicyclic) bond motifs is 7. The summed E-state index contributed by atoms with van der Waals surface area (Å²) >= 11 is 0. The Balaban J connectivity index is 1.06. The average Bonchev–Trinajstić information content (AvgIpc) is 1.67. The third-order valence-electron chi connectivity index (χ3n) is 17.0. The van der Waals surface area contributed by atoms with Gasteiger partial charge in [0.1, 0.15) is 23.3 Å². The standard InChI is InChI=1S/C77H50N8/c1-5-25-51(26-6-1)73-78-65-37-17-21-41-69(65)82(73)57-45-55(46-58(49-57)83-70-42-22-18-38-66(70)79-74(83)52-27-7-2-8-28-52)77(63-35-15-13-33-61(63)62-34-14-16-36-64(62)77)56-47-59(84-71-43-23-19-39-67(71)80-75(84)53-29-9-3-10-30-53)50-60(48-56)85-72-44-24-20-40-68(72)81-76(85)54-31-11-4-12-32-54/h1-50H. The smallest absolute Gasteiger partial charge is 0.145 e. The minimum Gasteiger partial charge on any atom is -0.292 e. The lowest BCUT2D eigenvalue weighted by Crippen LogP contribution is -2.29. The minimum absolute atomic E-state index is 0.843. The van der Waals surface area contributed by atoms with Crippen LogP contribution in [0.1, 0.15) is 22.3 Å². The number of para-hydroxylation sites is 8. The van der Waals surface area contributed by atoms with Crippen LogP contribution in [0, 0.1) is 0 Å². The predicted octanol–water partition coefficient (Wildman–Crippen LogP) is 18.1. The van der Waals surface area contributed by atoms with Crippen molar-refractivity contribution in [3.63, 3.8) is 0 Å². The van der Waals surface area contributed by atoms with Crippen molar-refractivity contribution in [2.24, 2.45) is 0 Å². The van der Waals surface area contributed by atoms with E-state index in [1.807, 2.05) is 0 Å². The van der Waals surface area contributed by atoms with E-state index in [0.717, 1.165) is 135 Å². The van der Waals surface area contributed by atoms with Crippen LogP contribution >= 0.6 is 0 Å². The Labute approximate surface area is 490 Å². The van der Waals surface area contributed by atoms with Gasteiger partial charge in [0.05, 0.1) is 72.3 Å². The van der Waals surface area contributed by atoms with E-state index in [2.05, 4.69) is 322 Å². The monoisotopic (exact) mass is 1090 g/mol. The lowest BCUT2D eigenvalue weighted by Gasteiger charge is -2.35. The van der Waals surface area contributed by atoms with Gasteiger partial charge in [-0.25, -0.2) is 19.9 Å². The van der Waals surface area contributed by atoms with Gasteiger partial charge in [-0.2, -0.15) is 0 Å². The molecule has 1 aliphatic rings. The van der Waals surface area contributed by atoms with Gasteiger partial charge in [0, 0.05) is 22.3 Å². The highest BCUT2D eigenvalue weighted by Crippen LogP contribution is 2.58. The lowest BCUT2D eigenvalue weighted by molar-refractivity contribution is 0.762. The zero-order valence-corrected chi connectivity index (χ0v) is 45.9. The number of aromatic nitrogens is 8. The molecule has 0 spiro atoms. The van der Waals surface area contributed by atoms with Crippen LogP contribution in [0.4, 0.5) is 0 Å². The molecule has 0 aliphatic heterocycles. The van der Waals surface area contributed by atoms with Crippen molar-refractivity contribution in [1.82, 2.24) is 38.2 Å². The number of hydrogen-bond acceptors (Lipinski definition) is 4. The summed E-state index contributed by atoms with van der Waals surface area (Å²) in [6, 6.07) is 109. The zero-order chi connectivity index (χ0) is 56.0. The molecule has 12 aromatic carbocycles. The molecule has 4 aromatic heterocycles. The first-order valence-electron chi connectivity index (χ1n) is 28.8. The second kappa shape index (κ2) is 19.3. The molecule has 0 saturated heterocycles. The van der Waals surface area contributed by atoms with Crippen LogP contribution in [-0.4, -0.2) is 38.2 Å². The fourth-order valence-corrected chi connectivity index (χ4v) is 13.4. The Morgan fingerprint density at radius 2 is 0.459 bits per heavy atom. The molecule has 8 nitrogen and oxygen atoms in total. The quantitative estimate of drug-likeness (QED) is 0.137. The molecule has 85 heavy (non-hydrogen) atoms. The van der Waals surface area contributed by atoms with Crippen molar-refractivity contribution < 1.29 is 0 Å². The lowest BCUT2D eigenvalue weighted by atomic mass is 9.67. The molecule has 8 heteroatoms. The largest absolute Gasteiger partial charge is 0.292 e. The minimum atomic E-state index is -0.984. The number of nitrogens with zero attached hydrogens (tertiary/aromatic N) is 8. The first kappa shape index (κ1) is 48.2. The number of imidazole rings is 4. The van der Waals surface area contributed by atoms with Crippen molar-refractivity contribution in [1.29, 1.82) is 0 Å². The molecule has 0 unspecified atom stereocenters. The van der Waals surface area contributed by atoms with E-state index >= 15 is 0 Å². The van der Waals surface area contributed by atoms with Gasteiger partial charge in [-0.05, 0) is 118 Å². The van der Waals surface area contributed by atoms with Crippen molar-refractivity contribution >= 4 is 44.1 Å². The summed E-state index contributed by atoms with van der Waals surface area (Å²) in [4.78, 5) is 21.9. The van der Waals surface area contributed by atoms with E-state index in [1.165, 1.54) is 11.1 Å². The third-order valence-corrected chi connectivity index (χ3v) is 17.0. The van der Waals surface area contributed by atoms with E-state index in [9.17, 15) is 0 Å². The Bertz CT molecular complexity index is 4640. The van der Waals surface area contributed by atoms with Crippen LogP contribution < -0.4 is 0 Å². The fraction of sp³-hybridized carbons (Fsp3) is 0.0130. The summed E-state index contributed by atoms with van der Waals surface area (Å²) < 4.78 is 9.42. The molecule has 1 aliphatic carbocycles. The Morgan fingerprint density at radius 1 is 0.224 bits per heavy atom. The highest BCUT2D eigenvalue weighted by molar-refractivity contribution is 5.92. The van der Waals surface area contributed by atoms with E-state index < -0.39 is 5.41 Å². The molecule has 16 aromatic rings. The molecule has 0 radical (unpaired) electrons. The molecule has 0 fully saturated rings. The summed E-state index contributed by atoms with van der Waals surface area (Å²) in [5, 5.41) is 0. The number of benzene rings is 12. The maximum atomic E-state index is 5.46. The van der Waals surface area contributed by atoms with Crippen molar-refractivity contribution in [2.45, 2.75) is 5.41 Å². The fourth-order valence-electron chi connectivity index (χ4n) is 13.4. The van der Waals surface area contributed by atoms with Crippen molar-refractivity contribution in [3.05, 3.63) is 326 Å². The molecule has 0 atom stereocenters. The molecule has 0 bridgehead atoms. The molecule has 398 valence electrons. The topological polar surface area (TPSA) is 71.3 Å². The van der Waals surface area contributed by atoms with E-state index in [4.69, 9.17) is 19.9 Å². The SMILES string of the molecule is c1ccc(-c2nc3ccccc3n2-c2cc(-n3c(-c4ccccc4)nc4ccccc43)cc(C3(c4cc(-n5c(-c6ccccc6)nc6ccccc65)cc(-n5c(-c6ccccc6)nc6ccccc65)c4)c4ccccc4-c4ccccc43)c2)cc1. The molecule has 0 saturated carbocycles. The van der Waals surface area contributed by atoms with Crippen molar-refractivity contribution in [2.75, 3.05) is 0 Å². The average molecular weight is 1090 g/mol. The van der Waals surface area contributed by atoms with Gasteiger partial charge < -0.3 is 0 Å². The van der Waals surface area contributed by atoms with Gasteiger partial charge in [-0.15, -0.1) is 0 Å².